The molecule has 0 spiro atoms. The summed E-state index contributed by atoms with van der Waals surface area (Å²) in [5, 5.41) is 0. The zero-order valence-electron chi connectivity index (χ0n) is 16.2. The molecule has 3 aromatic rings. The summed E-state index contributed by atoms with van der Waals surface area (Å²) in [6.45, 7) is -0.0610. The second-order valence-electron chi connectivity index (χ2n) is 6.67. The molecule has 0 amide bonds. The van der Waals surface area contributed by atoms with Crippen LogP contribution in [0, 0.1) is 5.82 Å². The highest BCUT2D eigenvalue weighted by molar-refractivity contribution is 7.89. The van der Waals surface area contributed by atoms with Gasteiger partial charge in [0.2, 0.25) is 10.0 Å². The Morgan fingerprint density at radius 3 is 2.84 bits per heavy atom. The van der Waals surface area contributed by atoms with Gasteiger partial charge in [0, 0.05) is 11.1 Å². The second-order valence-corrected chi connectivity index (χ2v) is 8.44. The summed E-state index contributed by atoms with van der Waals surface area (Å²) in [4.78, 5) is 12.4. The van der Waals surface area contributed by atoms with Gasteiger partial charge in [-0.3, -0.25) is 0 Å². The fraction of sp³-hybridized carbons (Fsp3) is 0.190. The van der Waals surface area contributed by atoms with E-state index in [1.54, 1.807) is 12.1 Å². The summed E-state index contributed by atoms with van der Waals surface area (Å²) in [5.41, 5.74) is 0.916. The van der Waals surface area contributed by atoms with Gasteiger partial charge in [0.1, 0.15) is 23.9 Å². The fourth-order valence-electron chi connectivity index (χ4n) is 3.04. The lowest BCUT2D eigenvalue weighted by Gasteiger charge is -2.20. The Morgan fingerprint density at radius 2 is 2.03 bits per heavy atom. The third-order valence-corrected chi connectivity index (χ3v) is 5.91. The molecule has 0 saturated carbocycles. The van der Waals surface area contributed by atoms with E-state index in [-0.39, 0.29) is 37.0 Å². The molecule has 0 unspecified atom stereocenters. The van der Waals surface area contributed by atoms with Crippen LogP contribution < -0.4 is 9.46 Å². The highest BCUT2D eigenvalue weighted by Crippen LogP contribution is 2.30. The lowest BCUT2D eigenvalue weighted by molar-refractivity contribution is -0.0183. The molecule has 2 heterocycles. The predicted molar refractivity (Wildman–Crippen MR) is 105 cm³/mol. The zero-order chi connectivity index (χ0) is 21.8. The molecular formula is C21H18FNO7S. The second kappa shape index (κ2) is 8.88. The van der Waals surface area contributed by atoms with Crippen LogP contribution in [-0.2, 0) is 39.3 Å². The molecule has 0 atom stereocenters. The van der Waals surface area contributed by atoms with E-state index in [1.807, 2.05) is 0 Å². The van der Waals surface area contributed by atoms with Crippen molar-refractivity contribution in [3.63, 3.8) is 0 Å². The van der Waals surface area contributed by atoms with E-state index in [4.69, 9.17) is 18.6 Å². The van der Waals surface area contributed by atoms with Gasteiger partial charge in [-0.1, -0.05) is 6.07 Å². The van der Waals surface area contributed by atoms with Crippen LogP contribution in [0.1, 0.15) is 27.2 Å². The van der Waals surface area contributed by atoms with E-state index in [2.05, 4.69) is 4.72 Å². The molecule has 31 heavy (non-hydrogen) atoms. The summed E-state index contributed by atoms with van der Waals surface area (Å²) in [6.07, 6.45) is 1.44. The van der Waals surface area contributed by atoms with Gasteiger partial charge >= 0.3 is 5.97 Å². The molecule has 1 N–H and O–H groups in total. The van der Waals surface area contributed by atoms with Crippen molar-refractivity contribution in [2.24, 2.45) is 0 Å². The molecular weight excluding hydrogens is 429 g/mol. The van der Waals surface area contributed by atoms with Crippen molar-refractivity contribution in [2.45, 2.75) is 24.7 Å². The molecule has 8 nitrogen and oxygen atoms in total. The van der Waals surface area contributed by atoms with Gasteiger partial charge in [-0.15, -0.1) is 0 Å². The zero-order valence-corrected chi connectivity index (χ0v) is 17.0. The third-order valence-electron chi connectivity index (χ3n) is 4.51. The molecule has 10 heteroatoms. The number of hydrogen-bond donors (Lipinski definition) is 1. The molecule has 0 radical (unpaired) electrons. The average molecular weight is 447 g/mol. The molecule has 1 aromatic heterocycles. The number of sulfonamides is 1. The third kappa shape index (κ3) is 4.93. The quantitative estimate of drug-likeness (QED) is 0.555. The summed E-state index contributed by atoms with van der Waals surface area (Å²) in [6, 6.07) is 11.2. The topological polar surface area (TPSA) is 104 Å². The summed E-state index contributed by atoms with van der Waals surface area (Å²) in [5.74, 6) is -0.396. The fourth-order valence-corrected chi connectivity index (χ4v) is 4.08. The van der Waals surface area contributed by atoms with Crippen molar-refractivity contribution in [3.8, 4) is 5.75 Å². The Labute approximate surface area is 177 Å². The van der Waals surface area contributed by atoms with E-state index < -0.39 is 21.8 Å². The van der Waals surface area contributed by atoms with Gasteiger partial charge in [-0.25, -0.2) is 22.3 Å². The van der Waals surface area contributed by atoms with Gasteiger partial charge in [-0.2, -0.15) is 0 Å². The number of rotatable bonds is 7. The van der Waals surface area contributed by atoms with Gasteiger partial charge in [-0.05, 0) is 42.5 Å². The summed E-state index contributed by atoms with van der Waals surface area (Å²) in [7, 11) is -3.88. The average Bonchev–Trinajstić information content (AvgIpc) is 3.30. The number of benzene rings is 2. The van der Waals surface area contributed by atoms with Crippen molar-refractivity contribution in [3.05, 3.63) is 83.1 Å². The van der Waals surface area contributed by atoms with Gasteiger partial charge in [0.25, 0.3) is 0 Å². The Hall–Kier alpha value is -3.21. The number of halogens is 1. The largest absolute Gasteiger partial charge is 0.468 e. The van der Waals surface area contributed by atoms with E-state index >= 15 is 0 Å². The number of fused-ring (bicyclic) bond motifs is 1. The molecule has 162 valence electrons. The minimum atomic E-state index is -3.88. The maximum atomic E-state index is 13.8. The lowest BCUT2D eigenvalue weighted by Crippen LogP contribution is -2.23. The Balaban J connectivity index is 1.46. The highest BCUT2D eigenvalue weighted by Gasteiger charge is 2.20. The molecule has 0 aliphatic carbocycles. The number of carbonyl (C=O) groups is 1. The summed E-state index contributed by atoms with van der Waals surface area (Å²) < 4.78 is 62.1. The predicted octanol–water partition coefficient (Wildman–Crippen LogP) is 3.12. The number of furan rings is 1. The van der Waals surface area contributed by atoms with Crippen LogP contribution in [0.25, 0.3) is 0 Å². The van der Waals surface area contributed by atoms with Crippen molar-refractivity contribution in [1.82, 2.24) is 4.72 Å². The molecule has 0 bridgehead atoms. The minimum absolute atomic E-state index is 0.0183. The van der Waals surface area contributed by atoms with E-state index in [0.29, 0.717) is 22.6 Å². The van der Waals surface area contributed by atoms with Crippen molar-refractivity contribution in [2.75, 3.05) is 6.79 Å². The number of nitrogens with one attached hydrogen (secondary N) is 1. The van der Waals surface area contributed by atoms with Crippen molar-refractivity contribution < 1.29 is 36.2 Å². The normalized spacial score (nSPS) is 13.3. The number of esters is 1. The van der Waals surface area contributed by atoms with Gasteiger partial charge in [0.15, 0.2) is 6.79 Å². The standard InChI is InChI=1S/C21H18FNO7S/c22-17-7-15-11-27-13-30-20(15)16(8-17)12-29-21(24)14-3-1-5-19(9-14)31(25,26)23-10-18-4-2-6-28-18/h1-9,23H,10-13H2. The van der Waals surface area contributed by atoms with Crippen LogP contribution in [-0.4, -0.2) is 21.2 Å². The Kier molecular flexibility index (Phi) is 6.03. The van der Waals surface area contributed by atoms with E-state index in [0.717, 1.165) is 0 Å². The minimum Gasteiger partial charge on any atom is -0.468 e. The highest BCUT2D eigenvalue weighted by atomic mass is 32.2. The SMILES string of the molecule is O=C(OCc1cc(F)cc2c1OCOC2)c1cccc(S(=O)(=O)NCc2ccco2)c1. The van der Waals surface area contributed by atoms with E-state index in [9.17, 15) is 17.6 Å². The number of hydrogen-bond acceptors (Lipinski definition) is 7. The van der Waals surface area contributed by atoms with E-state index in [1.165, 1.54) is 42.7 Å². The first kappa shape index (κ1) is 21.0. The molecule has 0 fully saturated rings. The monoisotopic (exact) mass is 447 g/mol. The van der Waals surface area contributed by atoms with Crippen LogP contribution in [0.15, 0.2) is 64.1 Å². The summed E-state index contributed by atoms with van der Waals surface area (Å²) >= 11 is 0. The number of ether oxygens (including phenoxy) is 3. The van der Waals surface area contributed by atoms with Crippen molar-refractivity contribution in [1.29, 1.82) is 0 Å². The number of carbonyl (C=O) groups excluding carboxylic acids is 1. The van der Waals surface area contributed by atoms with Crippen LogP contribution >= 0.6 is 0 Å². The van der Waals surface area contributed by atoms with Crippen LogP contribution in [0.5, 0.6) is 5.75 Å². The first-order valence-corrected chi connectivity index (χ1v) is 10.7. The van der Waals surface area contributed by atoms with Gasteiger partial charge < -0.3 is 18.6 Å². The lowest BCUT2D eigenvalue weighted by atomic mass is 10.1. The van der Waals surface area contributed by atoms with Crippen LogP contribution in [0.4, 0.5) is 4.39 Å². The maximum Gasteiger partial charge on any atom is 0.338 e. The molecule has 1 aliphatic rings. The Morgan fingerprint density at radius 1 is 1.16 bits per heavy atom. The molecule has 4 rings (SSSR count). The maximum absolute atomic E-state index is 13.8. The molecule has 0 saturated heterocycles. The first-order chi connectivity index (χ1) is 14.9. The van der Waals surface area contributed by atoms with Crippen molar-refractivity contribution >= 4 is 16.0 Å². The molecule has 2 aromatic carbocycles. The Bertz CT molecular complexity index is 1190. The van der Waals surface area contributed by atoms with Crippen LogP contribution in [0.3, 0.4) is 0 Å². The van der Waals surface area contributed by atoms with Gasteiger partial charge in [0.05, 0.1) is 29.9 Å². The first-order valence-electron chi connectivity index (χ1n) is 9.23. The van der Waals surface area contributed by atoms with Crippen LogP contribution in [0.2, 0.25) is 0 Å². The smallest absolute Gasteiger partial charge is 0.338 e. The molecule has 1 aliphatic heterocycles.